The molecule has 0 radical (unpaired) electrons. The lowest BCUT2D eigenvalue weighted by molar-refractivity contribution is -0.131. The molecule has 2 unspecified atom stereocenters. The Morgan fingerprint density at radius 3 is 2.81 bits per heavy atom. The highest BCUT2D eigenvalue weighted by atomic mass is 35.5. The number of likely N-dealkylation sites (N-methyl/N-ethyl adjacent to an activating group) is 1. The van der Waals surface area contributed by atoms with Crippen LogP contribution in [0.3, 0.4) is 0 Å². The largest absolute Gasteiger partial charge is 0.462 e. The summed E-state index contributed by atoms with van der Waals surface area (Å²) in [6.07, 6.45) is 4.65. The minimum absolute atomic E-state index is 0.0732. The molecule has 0 saturated carbocycles. The van der Waals surface area contributed by atoms with E-state index < -0.39 is 17.8 Å². The fourth-order valence-corrected chi connectivity index (χ4v) is 6.73. The summed E-state index contributed by atoms with van der Waals surface area (Å²) in [4.78, 5) is 34.7. The summed E-state index contributed by atoms with van der Waals surface area (Å²) in [5.74, 6) is -1.05. The minimum atomic E-state index is -1.02. The zero-order valence-electron chi connectivity index (χ0n) is 24.2. The van der Waals surface area contributed by atoms with Gasteiger partial charge in [0.25, 0.3) is 5.91 Å². The molecule has 0 bridgehead atoms. The van der Waals surface area contributed by atoms with Gasteiger partial charge in [0.1, 0.15) is 17.6 Å². The molecule has 12 heteroatoms. The molecule has 6 rings (SSSR count). The van der Waals surface area contributed by atoms with E-state index in [4.69, 9.17) is 26.3 Å². The Labute approximate surface area is 255 Å². The normalized spacial score (nSPS) is 20.7. The van der Waals surface area contributed by atoms with Crippen molar-refractivity contribution in [1.29, 1.82) is 5.26 Å². The van der Waals surface area contributed by atoms with Gasteiger partial charge in [-0.05, 0) is 50.4 Å². The van der Waals surface area contributed by atoms with Crippen molar-refractivity contribution in [3.63, 3.8) is 0 Å². The predicted molar refractivity (Wildman–Crippen MR) is 163 cm³/mol. The van der Waals surface area contributed by atoms with Gasteiger partial charge in [-0.15, -0.1) is 0 Å². The van der Waals surface area contributed by atoms with E-state index in [1.54, 1.807) is 6.20 Å². The number of aromatic nitrogens is 3. The fourth-order valence-electron chi connectivity index (χ4n) is 6.46. The first-order chi connectivity index (χ1) is 20.8. The lowest BCUT2D eigenvalue weighted by Crippen LogP contribution is -2.55. The van der Waals surface area contributed by atoms with Crippen molar-refractivity contribution in [3.05, 3.63) is 59.3 Å². The number of halogens is 2. The van der Waals surface area contributed by atoms with Crippen LogP contribution in [0.2, 0.25) is 5.15 Å². The van der Waals surface area contributed by atoms with Crippen LogP contribution in [-0.2, 0) is 17.8 Å². The van der Waals surface area contributed by atoms with Gasteiger partial charge in [-0.25, -0.2) is 9.37 Å². The summed E-state index contributed by atoms with van der Waals surface area (Å²) in [6, 6.07) is 10.3. The molecule has 3 aromatic rings. The lowest BCUT2D eigenvalue weighted by atomic mass is 10.0. The molecule has 0 spiro atoms. The summed E-state index contributed by atoms with van der Waals surface area (Å²) < 4.78 is 20.0. The van der Waals surface area contributed by atoms with Crippen molar-refractivity contribution in [2.75, 3.05) is 56.2 Å². The Morgan fingerprint density at radius 1 is 1.19 bits per heavy atom. The highest BCUT2D eigenvalue weighted by Crippen LogP contribution is 2.37. The molecule has 5 heterocycles. The van der Waals surface area contributed by atoms with Crippen LogP contribution in [0.1, 0.15) is 30.5 Å². The number of piperazine rings is 1. The number of ether oxygens (including phenoxy) is 1. The van der Waals surface area contributed by atoms with Crippen LogP contribution in [0.5, 0.6) is 6.01 Å². The molecular weight excluding hydrogens is 571 g/mol. The molecule has 2 aromatic heterocycles. The fraction of sp³-hybridized carbons (Fsp3) is 0.452. The molecule has 3 aliphatic rings. The molecule has 1 aromatic carbocycles. The number of pyridine rings is 1. The molecule has 0 aliphatic carbocycles. The standard InChI is InChI=1S/C31H34ClFN8O2/c1-20(33)30(42)41-16-15-40(17-22(41)8-11-34)29-24-10-14-39(26-7-3-5-21-9-12-35-28(32)27(21)26)18-25(24)36-31(37-29)43-19-23-6-4-13-38(23)2/h3,5,7,9,12,22-23H,1,4,6,8,10,13-19H2,2H3. The van der Waals surface area contributed by atoms with Crippen LogP contribution in [-0.4, -0.2) is 89.1 Å². The summed E-state index contributed by atoms with van der Waals surface area (Å²) in [7, 11) is 2.10. The number of likely N-dealkylation sites (tertiary alicyclic amines) is 1. The number of anilines is 2. The zero-order chi connectivity index (χ0) is 30.1. The second-order valence-electron chi connectivity index (χ2n) is 11.4. The minimum Gasteiger partial charge on any atom is -0.462 e. The second kappa shape index (κ2) is 12.3. The van der Waals surface area contributed by atoms with Crippen molar-refractivity contribution in [3.8, 4) is 12.1 Å². The number of hydrogen-bond acceptors (Lipinski definition) is 9. The summed E-state index contributed by atoms with van der Waals surface area (Å²) in [5, 5.41) is 11.9. The topological polar surface area (TPSA) is 102 Å². The van der Waals surface area contributed by atoms with Crippen molar-refractivity contribution < 1.29 is 13.9 Å². The lowest BCUT2D eigenvalue weighted by Gasteiger charge is -2.42. The van der Waals surface area contributed by atoms with Crippen LogP contribution < -0.4 is 14.5 Å². The van der Waals surface area contributed by atoms with E-state index in [9.17, 15) is 14.4 Å². The van der Waals surface area contributed by atoms with E-state index in [1.807, 2.05) is 18.2 Å². The number of benzene rings is 1. The van der Waals surface area contributed by atoms with Crippen molar-refractivity contribution >= 4 is 39.8 Å². The maximum absolute atomic E-state index is 13.8. The van der Waals surface area contributed by atoms with Crippen LogP contribution in [0.4, 0.5) is 15.9 Å². The first-order valence-corrected chi connectivity index (χ1v) is 15.0. The molecule has 3 aliphatic heterocycles. The van der Waals surface area contributed by atoms with Gasteiger partial charge < -0.3 is 24.3 Å². The number of amides is 1. The van der Waals surface area contributed by atoms with E-state index in [0.717, 1.165) is 52.9 Å². The molecule has 1 amide bonds. The first-order valence-electron chi connectivity index (χ1n) is 14.6. The van der Waals surface area contributed by atoms with Crippen LogP contribution in [0.15, 0.2) is 42.9 Å². The highest BCUT2D eigenvalue weighted by molar-refractivity contribution is 6.35. The monoisotopic (exact) mass is 604 g/mol. The number of fused-ring (bicyclic) bond motifs is 2. The van der Waals surface area contributed by atoms with Gasteiger partial charge in [-0.3, -0.25) is 4.79 Å². The number of carbonyl (C=O) groups excluding carboxylic acids is 1. The number of hydrogen-bond donors (Lipinski definition) is 0. The first kappa shape index (κ1) is 29.1. The van der Waals surface area contributed by atoms with E-state index in [2.05, 4.69) is 45.4 Å². The average Bonchev–Trinajstić information content (AvgIpc) is 3.43. The zero-order valence-corrected chi connectivity index (χ0v) is 24.9. The molecule has 2 saturated heterocycles. The van der Waals surface area contributed by atoms with Gasteiger partial charge in [0.15, 0.2) is 5.83 Å². The third-order valence-electron chi connectivity index (χ3n) is 8.76. The Kier molecular flexibility index (Phi) is 8.32. The summed E-state index contributed by atoms with van der Waals surface area (Å²) in [6.45, 7) is 6.96. The second-order valence-corrected chi connectivity index (χ2v) is 11.7. The van der Waals surface area contributed by atoms with Gasteiger partial charge in [0.2, 0.25) is 0 Å². The van der Waals surface area contributed by atoms with E-state index in [0.29, 0.717) is 56.4 Å². The Morgan fingerprint density at radius 2 is 2.05 bits per heavy atom. The van der Waals surface area contributed by atoms with Gasteiger partial charge >= 0.3 is 6.01 Å². The van der Waals surface area contributed by atoms with Gasteiger partial charge in [-0.2, -0.15) is 15.2 Å². The molecular formula is C31H34ClFN8O2. The third kappa shape index (κ3) is 5.82. The Hall–Kier alpha value is -4.01. The van der Waals surface area contributed by atoms with Crippen molar-refractivity contribution in [1.82, 2.24) is 24.8 Å². The van der Waals surface area contributed by atoms with Crippen molar-refractivity contribution in [2.45, 2.75) is 44.3 Å². The number of rotatable bonds is 7. The Bertz CT molecular complexity index is 1590. The van der Waals surface area contributed by atoms with Gasteiger partial charge in [0.05, 0.1) is 30.8 Å². The van der Waals surface area contributed by atoms with Crippen LogP contribution in [0, 0.1) is 11.3 Å². The third-order valence-corrected chi connectivity index (χ3v) is 9.05. The maximum Gasteiger partial charge on any atom is 0.318 e. The number of nitriles is 1. The van der Waals surface area contributed by atoms with E-state index >= 15 is 0 Å². The quantitative estimate of drug-likeness (QED) is 0.291. The number of nitrogens with zero attached hydrogens (tertiary/aromatic N) is 8. The molecule has 43 heavy (non-hydrogen) atoms. The smallest absolute Gasteiger partial charge is 0.318 e. The molecule has 2 atom stereocenters. The molecule has 2 fully saturated rings. The number of carbonyl (C=O) groups is 1. The SMILES string of the molecule is C=C(F)C(=O)N1CCN(c2nc(OCC3CCCN3C)nc3c2CCN(c2cccc4ccnc(Cl)c24)C3)CC1CC#N. The van der Waals surface area contributed by atoms with Crippen LogP contribution >= 0.6 is 11.6 Å². The molecule has 224 valence electrons. The Balaban J connectivity index is 1.34. The highest BCUT2D eigenvalue weighted by Gasteiger charge is 2.35. The van der Waals surface area contributed by atoms with Gasteiger partial charge in [-0.1, -0.05) is 30.3 Å². The van der Waals surface area contributed by atoms with Crippen molar-refractivity contribution in [2.24, 2.45) is 0 Å². The van der Waals surface area contributed by atoms with E-state index in [-0.39, 0.29) is 13.0 Å². The van der Waals surface area contributed by atoms with Gasteiger partial charge in [0, 0.05) is 55.1 Å². The maximum atomic E-state index is 13.8. The summed E-state index contributed by atoms with van der Waals surface area (Å²) in [5.41, 5.74) is 2.86. The van der Waals surface area contributed by atoms with Crippen LogP contribution in [0.25, 0.3) is 10.8 Å². The predicted octanol–water partition coefficient (Wildman–Crippen LogP) is 4.13. The molecule has 0 N–H and O–H groups in total. The average molecular weight is 605 g/mol. The summed E-state index contributed by atoms with van der Waals surface area (Å²) >= 11 is 6.57. The van der Waals surface area contributed by atoms with E-state index in [1.165, 1.54) is 4.90 Å². The molecule has 10 nitrogen and oxygen atoms in total.